The fourth-order valence-corrected chi connectivity index (χ4v) is 3.88. The van der Waals surface area contributed by atoms with Crippen LogP contribution >= 0.6 is 0 Å². The van der Waals surface area contributed by atoms with Crippen LogP contribution in [-0.2, 0) is 4.74 Å². The number of rotatable bonds is 7. The lowest BCUT2D eigenvalue weighted by atomic mass is 10.1. The van der Waals surface area contributed by atoms with Gasteiger partial charge in [-0.2, -0.15) is 0 Å². The van der Waals surface area contributed by atoms with E-state index in [2.05, 4.69) is 20.3 Å². The fourth-order valence-electron chi connectivity index (χ4n) is 3.88. The molecule has 1 amide bonds. The molecule has 0 fully saturated rings. The van der Waals surface area contributed by atoms with Crippen molar-refractivity contribution in [1.82, 2.24) is 15.0 Å². The number of hydrogen-bond acceptors (Lipinski definition) is 8. The van der Waals surface area contributed by atoms with E-state index in [1.54, 1.807) is 30.5 Å². The van der Waals surface area contributed by atoms with Crippen molar-refractivity contribution in [2.75, 3.05) is 25.6 Å². The maximum Gasteiger partial charge on any atom is 0.411 e. The summed E-state index contributed by atoms with van der Waals surface area (Å²) in [4.78, 5) is 24.9. The van der Waals surface area contributed by atoms with E-state index in [4.69, 9.17) is 18.6 Å². The van der Waals surface area contributed by atoms with E-state index >= 15 is 0 Å². The number of carbonyl (C=O) groups excluding carboxylic acids is 1. The molecule has 0 aliphatic carbocycles. The maximum absolute atomic E-state index is 14.7. The van der Waals surface area contributed by atoms with Crippen LogP contribution in [0.2, 0.25) is 0 Å². The summed E-state index contributed by atoms with van der Waals surface area (Å²) in [7, 11) is 1.53. The Labute approximate surface area is 211 Å². The molecule has 1 N–H and O–H groups in total. The number of aryl methyl sites for hydroxylation is 2. The zero-order chi connectivity index (χ0) is 25.9. The van der Waals surface area contributed by atoms with Crippen LogP contribution in [0.15, 0.2) is 59.3 Å². The number of benzene rings is 2. The molecule has 9 nitrogen and oxygen atoms in total. The van der Waals surface area contributed by atoms with Gasteiger partial charge in [-0.1, -0.05) is 0 Å². The number of amides is 1. The minimum atomic E-state index is -0.643. The number of aromatic nitrogens is 3. The molecule has 0 bridgehead atoms. The van der Waals surface area contributed by atoms with Crippen LogP contribution < -0.4 is 14.8 Å². The van der Waals surface area contributed by atoms with Gasteiger partial charge in [-0.15, -0.1) is 0 Å². The van der Waals surface area contributed by atoms with Crippen molar-refractivity contribution < 1.29 is 27.8 Å². The van der Waals surface area contributed by atoms with Crippen molar-refractivity contribution in [3.8, 4) is 23.0 Å². The van der Waals surface area contributed by atoms with Crippen molar-refractivity contribution in [3.05, 3.63) is 71.9 Å². The van der Waals surface area contributed by atoms with Crippen LogP contribution in [-0.4, -0.2) is 41.4 Å². The minimum Gasteiger partial charge on any atom is -0.487 e. The number of carbonyl (C=O) groups is 1. The molecule has 0 radical (unpaired) electrons. The lowest BCUT2D eigenvalue weighted by molar-refractivity contribution is 0.136. The molecule has 5 rings (SSSR count). The molecule has 0 atom stereocenters. The van der Waals surface area contributed by atoms with E-state index in [1.807, 2.05) is 26.0 Å². The molecule has 0 unspecified atom stereocenters. The summed E-state index contributed by atoms with van der Waals surface area (Å²) in [5.74, 6) is 0.355. The van der Waals surface area contributed by atoms with Crippen LogP contribution in [0.5, 0.6) is 11.6 Å². The Balaban J connectivity index is 1.29. The van der Waals surface area contributed by atoms with Crippen molar-refractivity contribution in [2.24, 2.45) is 0 Å². The van der Waals surface area contributed by atoms with Crippen LogP contribution in [0, 0.1) is 19.7 Å². The Morgan fingerprint density at radius 3 is 2.76 bits per heavy atom. The number of anilines is 1. The zero-order valence-electron chi connectivity index (χ0n) is 20.4. The van der Waals surface area contributed by atoms with Gasteiger partial charge in [0, 0.05) is 34.6 Å². The SMILES string of the molecule is COc1cnc2c(-c3cc4cc(OCCOC(=O)Nc5ccnc(C)c5)c(F)cc4o3)cc(C)cc2n1. The third-order valence-electron chi connectivity index (χ3n) is 5.53. The smallest absolute Gasteiger partial charge is 0.411 e. The van der Waals surface area contributed by atoms with Gasteiger partial charge in [-0.25, -0.2) is 19.2 Å². The van der Waals surface area contributed by atoms with Crippen LogP contribution in [0.4, 0.5) is 14.9 Å². The predicted octanol–water partition coefficient (Wildman–Crippen LogP) is 5.83. The first-order valence-electron chi connectivity index (χ1n) is 11.4. The molecule has 188 valence electrons. The largest absolute Gasteiger partial charge is 0.487 e. The normalized spacial score (nSPS) is 11.0. The van der Waals surface area contributed by atoms with Crippen LogP contribution in [0.1, 0.15) is 11.3 Å². The zero-order valence-corrected chi connectivity index (χ0v) is 20.4. The Hall–Kier alpha value is -4.73. The number of methoxy groups -OCH3 is 1. The second-order valence-corrected chi connectivity index (χ2v) is 8.32. The minimum absolute atomic E-state index is 0.0206. The highest BCUT2D eigenvalue weighted by Gasteiger charge is 2.16. The van der Waals surface area contributed by atoms with E-state index in [-0.39, 0.29) is 19.0 Å². The topological polar surface area (TPSA) is 109 Å². The molecule has 0 spiro atoms. The summed E-state index contributed by atoms with van der Waals surface area (Å²) < 4.78 is 36.5. The molecule has 5 aromatic rings. The van der Waals surface area contributed by atoms with Gasteiger partial charge in [-0.3, -0.25) is 10.3 Å². The molecule has 0 saturated carbocycles. The lowest BCUT2D eigenvalue weighted by Gasteiger charge is -2.09. The molecular formula is C27H23FN4O5. The summed E-state index contributed by atoms with van der Waals surface area (Å²) in [6.07, 6.45) is 2.48. The fraction of sp³-hybridized carbons (Fsp3) is 0.185. The number of nitrogens with zero attached hydrogens (tertiary/aromatic N) is 3. The number of pyridine rings is 1. The van der Waals surface area contributed by atoms with Crippen molar-refractivity contribution in [2.45, 2.75) is 13.8 Å². The van der Waals surface area contributed by atoms with E-state index in [0.29, 0.717) is 39.3 Å². The number of fused-ring (bicyclic) bond motifs is 2. The van der Waals surface area contributed by atoms with Gasteiger partial charge >= 0.3 is 6.09 Å². The number of furan rings is 1. The first-order valence-corrected chi connectivity index (χ1v) is 11.4. The first kappa shape index (κ1) is 24.0. The van der Waals surface area contributed by atoms with Gasteiger partial charge in [0.05, 0.1) is 24.3 Å². The molecule has 2 aromatic carbocycles. The highest BCUT2D eigenvalue weighted by atomic mass is 19.1. The quantitative estimate of drug-likeness (QED) is 0.277. The van der Waals surface area contributed by atoms with Gasteiger partial charge in [0.2, 0.25) is 5.88 Å². The third kappa shape index (κ3) is 5.27. The first-order chi connectivity index (χ1) is 17.9. The number of ether oxygens (including phenoxy) is 3. The van der Waals surface area contributed by atoms with Gasteiger partial charge in [0.15, 0.2) is 11.6 Å². The number of halogens is 1. The lowest BCUT2D eigenvalue weighted by Crippen LogP contribution is -2.18. The van der Waals surface area contributed by atoms with Crippen molar-refractivity contribution in [1.29, 1.82) is 0 Å². The van der Waals surface area contributed by atoms with E-state index in [0.717, 1.165) is 16.8 Å². The summed E-state index contributed by atoms with van der Waals surface area (Å²) in [5, 5.41) is 3.25. The van der Waals surface area contributed by atoms with Gasteiger partial charge in [0.1, 0.15) is 24.6 Å². The van der Waals surface area contributed by atoms with Crippen LogP contribution in [0.3, 0.4) is 0 Å². The van der Waals surface area contributed by atoms with E-state index < -0.39 is 11.9 Å². The summed E-state index contributed by atoms with van der Waals surface area (Å²) >= 11 is 0. The van der Waals surface area contributed by atoms with Crippen molar-refractivity contribution in [3.63, 3.8) is 0 Å². The van der Waals surface area contributed by atoms with E-state index in [1.165, 1.54) is 19.4 Å². The summed E-state index contributed by atoms with van der Waals surface area (Å²) in [6, 6.07) is 11.8. The molecule has 0 aliphatic rings. The Morgan fingerprint density at radius 1 is 1.08 bits per heavy atom. The summed E-state index contributed by atoms with van der Waals surface area (Å²) in [6.45, 7) is 3.66. The van der Waals surface area contributed by atoms with Crippen LogP contribution in [0.25, 0.3) is 33.3 Å². The number of nitrogens with one attached hydrogen (secondary N) is 1. The van der Waals surface area contributed by atoms with Gasteiger partial charge in [-0.05, 0) is 55.8 Å². The average molecular weight is 503 g/mol. The third-order valence-corrected chi connectivity index (χ3v) is 5.53. The van der Waals surface area contributed by atoms with E-state index in [9.17, 15) is 9.18 Å². The average Bonchev–Trinajstić information content (AvgIpc) is 3.28. The standard InChI is InChI=1S/C27H23FN4O5/c1-15-8-19(26-21(9-15)32-25(34-3)14-30-26)23-11-17-12-24(20(28)13-22(17)37-23)35-6-7-36-27(33)31-18-4-5-29-16(2)10-18/h4-5,8-14H,6-7H2,1-3H3,(H,29,31,33). The molecule has 3 heterocycles. The monoisotopic (exact) mass is 502 g/mol. The highest BCUT2D eigenvalue weighted by molar-refractivity contribution is 5.94. The Bertz CT molecular complexity index is 1620. The molecule has 3 aromatic heterocycles. The number of hydrogen-bond donors (Lipinski definition) is 1. The predicted molar refractivity (Wildman–Crippen MR) is 135 cm³/mol. The molecule has 0 saturated heterocycles. The molecule has 10 heteroatoms. The second-order valence-electron chi connectivity index (χ2n) is 8.32. The molecular weight excluding hydrogens is 479 g/mol. The van der Waals surface area contributed by atoms with Gasteiger partial charge < -0.3 is 18.6 Å². The second kappa shape index (κ2) is 10.1. The highest BCUT2D eigenvalue weighted by Crippen LogP contribution is 2.35. The Kier molecular flexibility index (Phi) is 6.55. The Morgan fingerprint density at radius 2 is 1.95 bits per heavy atom. The maximum atomic E-state index is 14.7. The van der Waals surface area contributed by atoms with Crippen molar-refractivity contribution >= 4 is 33.8 Å². The summed E-state index contributed by atoms with van der Waals surface area (Å²) in [5.41, 5.74) is 4.68. The molecule has 37 heavy (non-hydrogen) atoms. The molecule has 0 aliphatic heterocycles. The van der Waals surface area contributed by atoms with Gasteiger partial charge in [0.25, 0.3) is 0 Å².